The number of nitrogens with zero attached hydrogens (tertiary/aromatic N) is 8. The summed E-state index contributed by atoms with van der Waals surface area (Å²) in [5, 5.41) is 19.8. The van der Waals surface area contributed by atoms with Gasteiger partial charge in [-0.3, -0.25) is 9.13 Å². The van der Waals surface area contributed by atoms with Crippen molar-refractivity contribution in [3.8, 4) is 57.4 Å². The molecule has 0 radical (unpaired) electrons. The smallest absolute Gasteiger partial charge is 0.238 e. The van der Waals surface area contributed by atoms with Crippen LogP contribution in [0.5, 0.6) is 0 Å². The summed E-state index contributed by atoms with van der Waals surface area (Å²) in [5.41, 5.74) is 22.6. The summed E-state index contributed by atoms with van der Waals surface area (Å²) in [4.78, 5) is 32.3. The van der Waals surface area contributed by atoms with Gasteiger partial charge in [0.25, 0.3) is 0 Å². The van der Waals surface area contributed by atoms with Crippen molar-refractivity contribution in [1.82, 2.24) is 39.0 Å². The number of hydrogen-bond acceptors (Lipinski definition) is 6. The van der Waals surface area contributed by atoms with Crippen molar-refractivity contribution >= 4 is 130 Å². The first kappa shape index (κ1) is 81.4. The summed E-state index contributed by atoms with van der Waals surface area (Å²) in [6.07, 6.45) is 0. The SMILES string of the molecule is [2H]c1c([2H])c([2H])c(-c2nc(-c3cccc([Si](c4ccccc4)(c4ccccc4)c4ccccc4)c3)nc(-n3c4ccccc4c4c5c(ccc43)C3c4ccccc4C5c4ccccc43)n2)c([2H])c1[2H].c1ccc([Si](c2ccccc2)(c2ccccc2)c2ccc(-c3nc(-c4ccc([Si](c5ccccc5)(c5ccccc5)c5ccccc5)cc4)nc(-n4c5ccccc5c5c6c(ccc54)C4c5ccccc5C6c5ccccc54)n3)cc2)cc1. The lowest BCUT2D eigenvalue weighted by Gasteiger charge is -2.42. The maximum atomic E-state index is 9.15. The van der Waals surface area contributed by atoms with E-state index in [9.17, 15) is 0 Å². The van der Waals surface area contributed by atoms with Crippen molar-refractivity contribution in [2.24, 2.45) is 0 Å². The molecular formula is C136H94N8Si3. The molecule has 0 aliphatic heterocycles. The minimum Gasteiger partial charge on any atom is -0.278 e. The molecule has 0 fully saturated rings. The van der Waals surface area contributed by atoms with Crippen LogP contribution in [0.4, 0.5) is 0 Å². The van der Waals surface area contributed by atoms with Gasteiger partial charge < -0.3 is 0 Å². The van der Waals surface area contributed by atoms with Crippen LogP contribution in [0, 0.1) is 0 Å². The zero-order valence-corrected chi connectivity index (χ0v) is 83.0. The Morgan fingerprint density at radius 1 is 0.177 bits per heavy atom. The van der Waals surface area contributed by atoms with Crippen LogP contribution in [0.25, 0.3) is 101 Å². The Labute approximate surface area is 863 Å². The number of rotatable bonds is 18. The Morgan fingerprint density at radius 2 is 0.422 bits per heavy atom. The van der Waals surface area contributed by atoms with Gasteiger partial charge in [-0.1, -0.05) is 522 Å². The van der Waals surface area contributed by atoms with Crippen LogP contribution in [0.1, 0.15) is 97.3 Å². The molecule has 0 unspecified atom stereocenters. The van der Waals surface area contributed by atoms with E-state index in [1.54, 1.807) is 0 Å². The molecule has 4 heterocycles. The number of hydrogen-bond donors (Lipinski definition) is 0. The highest BCUT2D eigenvalue weighted by molar-refractivity contribution is 7.21. The maximum Gasteiger partial charge on any atom is 0.238 e. The Bertz CT molecular complexity index is 9100. The van der Waals surface area contributed by atoms with E-state index < -0.39 is 42.3 Å². The number of fused-ring (bicyclic) bond motifs is 6. The molecular weight excluding hydrogens is 1830 g/mol. The quantitative estimate of drug-likeness (QED) is 0.0628. The number of para-hydroxylation sites is 2. The minimum absolute atomic E-state index is 0.00179. The van der Waals surface area contributed by atoms with Crippen molar-refractivity contribution in [2.75, 3.05) is 0 Å². The predicted molar refractivity (Wildman–Crippen MR) is 610 cm³/mol. The molecule has 0 atom stereocenters. The van der Waals surface area contributed by atoms with Crippen LogP contribution in [-0.2, 0) is 0 Å². The fourth-order valence-electron chi connectivity index (χ4n) is 25.5. The largest absolute Gasteiger partial charge is 0.278 e. The molecule has 0 N–H and O–H groups in total. The third-order valence-electron chi connectivity index (χ3n) is 31.4. The average Bonchev–Trinajstić information content (AvgIpc) is 1.39. The molecule has 0 spiro atoms. The number of aromatic nitrogens is 8. The highest BCUT2D eigenvalue weighted by Crippen LogP contribution is 2.60. The van der Waals surface area contributed by atoms with E-state index in [1.165, 1.54) is 135 Å². The molecule has 147 heavy (non-hydrogen) atoms. The molecule has 21 aromatic carbocycles. The first-order chi connectivity index (χ1) is 75.0. The molecule has 0 amide bonds. The fraction of sp³-hybridized carbons (Fsp3) is 0.0294. The molecule has 4 aromatic heterocycles. The topological polar surface area (TPSA) is 87.2 Å². The van der Waals surface area contributed by atoms with Crippen molar-refractivity contribution in [3.63, 3.8) is 0 Å². The lowest BCUT2D eigenvalue weighted by Crippen LogP contribution is -2.74. The maximum absolute atomic E-state index is 9.15. The van der Waals surface area contributed by atoms with Crippen LogP contribution < -0.4 is 62.2 Å². The Hall–Kier alpha value is -18.1. The second-order valence-electron chi connectivity index (χ2n) is 38.7. The predicted octanol–water partition coefficient (Wildman–Crippen LogP) is 22.7. The minimum atomic E-state index is -3.00. The molecule has 31 rings (SSSR count). The molecule has 6 aliphatic rings. The highest BCUT2D eigenvalue weighted by Gasteiger charge is 2.49. The zero-order chi connectivity index (χ0) is 101. The zero-order valence-electron chi connectivity index (χ0n) is 85.0. The summed E-state index contributed by atoms with van der Waals surface area (Å²) >= 11 is 0. The standard InChI is InChI=1S/C77H54N4Si2.C59H40N4Si/c1-7-25-55(26-8-1)82(56-27-9-2-10-28-56,57-29-11-3-12-30-57)61-47-43-53(44-48-61)75-78-76(54-45-49-62(50-46-54)83(58-31-13-4-14-32-58,59-33-15-5-16-34-59)60-35-17-6-18-36-60)80-77(79-75)81-69-42-24-23-41-67(69)73-70(81)52-51-68-71-63-37-19-21-39-65(63)72(74(68)73)66-40-22-20-38-64(66)71;1-5-20-39(21-6-1)57-60-58(40-22-19-29-44(38-40)64(41-23-7-2-8-24-41,42-25-9-3-10-26-42)43-27-11-4-12-28-43)62-59(61-57)63-51-35-18-17-34-49(51)55-52(63)37-36-50-53-45-30-13-15-32-47(45)54(56(50)55)48-33-16-14-31-46(48)53/h1-52,71-72H;1-38,53-54H/i;1D,5D,6D,20D,21D. The van der Waals surface area contributed by atoms with E-state index in [4.69, 9.17) is 36.8 Å². The van der Waals surface area contributed by atoms with Gasteiger partial charge in [0.05, 0.1) is 28.9 Å². The normalized spacial score (nSPS) is 15.0. The summed E-state index contributed by atoms with van der Waals surface area (Å²) < 4.78 is 48.6. The average molecular weight is 1930 g/mol. The summed E-state index contributed by atoms with van der Waals surface area (Å²) in [6.45, 7) is 0. The van der Waals surface area contributed by atoms with Gasteiger partial charge in [-0.2, -0.15) is 19.9 Å². The summed E-state index contributed by atoms with van der Waals surface area (Å²) in [5.74, 6) is 2.69. The van der Waals surface area contributed by atoms with Crippen LogP contribution in [0.3, 0.4) is 0 Å². The lowest BCUT2D eigenvalue weighted by atomic mass is 9.60. The van der Waals surface area contributed by atoms with E-state index in [0.717, 1.165) is 49.2 Å². The molecule has 690 valence electrons. The van der Waals surface area contributed by atoms with Gasteiger partial charge in [-0.05, 0) is 153 Å². The van der Waals surface area contributed by atoms with E-state index in [0.29, 0.717) is 29.0 Å². The molecule has 0 saturated carbocycles. The molecule has 8 nitrogen and oxygen atoms in total. The van der Waals surface area contributed by atoms with Gasteiger partial charge in [-0.15, -0.1) is 0 Å². The van der Waals surface area contributed by atoms with Crippen molar-refractivity contribution in [2.45, 2.75) is 23.7 Å². The van der Waals surface area contributed by atoms with Crippen LogP contribution >= 0.6 is 0 Å². The van der Waals surface area contributed by atoms with Crippen molar-refractivity contribution in [1.29, 1.82) is 0 Å². The first-order valence-corrected chi connectivity index (χ1v) is 56.4. The van der Waals surface area contributed by atoms with Crippen LogP contribution in [0.2, 0.25) is 0 Å². The van der Waals surface area contributed by atoms with E-state index >= 15 is 0 Å². The van der Waals surface area contributed by atoms with Crippen LogP contribution in [0.15, 0.2) is 546 Å². The highest BCUT2D eigenvalue weighted by atomic mass is 28.3. The molecule has 25 aromatic rings. The Balaban J connectivity index is 0.000000148. The second kappa shape index (κ2) is 35.8. The molecule has 11 heteroatoms. The van der Waals surface area contributed by atoms with Gasteiger partial charge >= 0.3 is 0 Å². The Morgan fingerprint density at radius 3 is 0.728 bits per heavy atom. The van der Waals surface area contributed by atoms with Gasteiger partial charge in [0.15, 0.2) is 47.5 Å². The number of benzene rings is 21. The molecule has 6 aliphatic carbocycles. The Kier molecular flexibility index (Phi) is 19.8. The van der Waals surface area contributed by atoms with Gasteiger partial charge in [0.2, 0.25) is 11.9 Å². The monoisotopic (exact) mass is 1930 g/mol. The van der Waals surface area contributed by atoms with E-state index in [1.807, 2.05) is 18.2 Å². The van der Waals surface area contributed by atoms with E-state index in [2.05, 4.69) is 507 Å². The summed E-state index contributed by atoms with van der Waals surface area (Å²) in [7, 11) is -8.63. The second-order valence-corrected chi connectivity index (χ2v) is 50.2. The van der Waals surface area contributed by atoms with Crippen LogP contribution in [-0.4, -0.2) is 63.3 Å². The lowest BCUT2D eigenvalue weighted by molar-refractivity contribution is 0.761. The van der Waals surface area contributed by atoms with Gasteiger partial charge in [-0.25, -0.2) is 9.97 Å². The molecule has 0 saturated heterocycles. The fourth-order valence-corrected chi connectivity index (χ4v) is 39.8. The van der Waals surface area contributed by atoms with Crippen molar-refractivity contribution in [3.05, 3.63) is 613 Å². The van der Waals surface area contributed by atoms with E-state index in [-0.39, 0.29) is 53.1 Å². The third-order valence-corrected chi connectivity index (χ3v) is 45.8. The van der Waals surface area contributed by atoms with Gasteiger partial charge in [0.1, 0.15) is 0 Å². The first-order valence-electron chi connectivity index (χ1n) is 52.9. The van der Waals surface area contributed by atoms with Gasteiger partial charge in [0, 0.05) is 67.5 Å². The van der Waals surface area contributed by atoms with Crippen molar-refractivity contribution < 1.29 is 6.85 Å². The third kappa shape index (κ3) is 13.8. The molecule has 4 bridgehead atoms. The summed E-state index contributed by atoms with van der Waals surface area (Å²) in [6, 6.07) is 185.